The van der Waals surface area contributed by atoms with E-state index in [1.807, 2.05) is 32.2 Å². The Kier molecular flexibility index (Phi) is 6.67. The maximum absolute atomic E-state index is 12.7. The number of benzene rings is 1. The van der Waals surface area contributed by atoms with Gasteiger partial charge < -0.3 is 10.2 Å². The van der Waals surface area contributed by atoms with Crippen molar-refractivity contribution in [2.24, 2.45) is 0 Å². The maximum Gasteiger partial charge on any atom is 0.233 e. The molecular weight excluding hydrogens is 422 g/mol. The molecule has 2 heterocycles. The van der Waals surface area contributed by atoms with Gasteiger partial charge in [-0.05, 0) is 31.9 Å². The summed E-state index contributed by atoms with van der Waals surface area (Å²) in [5, 5.41) is 13.8. The van der Waals surface area contributed by atoms with Gasteiger partial charge in [-0.1, -0.05) is 54.5 Å². The molecule has 1 unspecified atom stereocenters. The molecule has 9 heteroatoms. The van der Waals surface area contributed by atoms with Gasteiger partial charge in [-0.2, -0.15) is 0 Å². The van der Waals surface area contributed by atoms with E-state index in [1.54, 1.807) is 16.2 Å². The number of anilines is 1. The minimum absolute atomic E-state index is 0.0570. The quantitative estimate of drug-likeness (QED) is 0.502. The molecule has 29 heavy (non-hydrogen) atoms. The Morgan fingerprint density at radius 3 is 2.83 bits per heavy atom. The number of carbonyl (C=O) groups excluding carboxylic acids is 1. The molecule has 1 aliphatic rings. The van der Waals surface area contributed by atoms with Gasteiger partial charge in [0.15, 0.2) is 4.34 Å². The lowest BCUT2D eigenvalue weighted by Crippen LogP contribution is -2.31. The number of thioether (sulfide) groups is 1. The summed E-state index contributed by atoms with van der Waals surface area (Å²) in [6.07, 6.45) is 6.31. The molecule has 0 spiro atoms. The molecule has 1 N–H and O–H groups in total. The van der Waals surface area contributed by atoms with E-state index in [4.69, 9.17) is 0 Å². The topological polar surface area (TPSA) is 71.0 Å². The fourth-order valence-electron chi connectivity index (χ4n) is 3.42. The third kappa shape index (κ3) is 5.07. The average molecular weight is 448 g/mol. The van der Waals surface area contributed by atoms with Crippen LogP contribution in [0.1, 0.15) is 50.1 Å². The van der Waals surface area contributed by atoms with Gasteiger partial charge in [0.05, 0.1) is 22.0 Å². The van der Waals surface area contributed by atoms with Crippen molar-refractivity contribution in [2.45, 2.75) is 55.5 Å². The van der Waals surface area contributed by atoms with Crippen LogP contribution < -0.4 is 5.32 Å². The first-order valence-corrected chi connectivity index (χ1v) is 12.6. The average Bonchev–Trinajstić information content (AvgIpc) is 3.38. The lowest BCUT2D eigenvalue weighted by molar-refractivity contribution is -0.128. The highest BCUT2D eigenvalue weighted by atomic mass is 32.2. The van der Waals surface area contributed by atoms with Crippen molar-refractivity contribution >= 4 is 55.7 Å². The van der Waals surface area contributed by atoms with Crippen LogP contribution in [0.25, 0.3) is 10.2 Å². The molecule has 0 bridgehead atoms. The van der Waals surface area contributed by atoms with E-state index in [9.17, 15) is 4.79 Å². The number of fused-ring (bicyclic) bond motifs is 1. The van der Waals surface area contributed by atoms with Gasteiger partial charge in [0.25, 0.3) is 0 Å². The molecule has 1 saturated carbocycles. The zero-order valence-electron chi connectivity index (χ0n) is 16.6. The number of thiazole rings is 1. The van der Waals surface area contributed by atoms with Crippen LogP contribution in [-0.4, -0.2) is 44.8 Å². The largest absolute Gasteiger partial charge is 0.357 e. The Morgan fingerprint density at radius 1 is 1.24 bits per heavy atom. The van der Waals surface area contributed by atoms with E-state index in [1.165, 1.54) is 55.2 Å². The zero-order valence-corrected chi connectivity index (χ0v) is 19.1. The molecule has 3 aromatic rings. The summed E-state index contributed by atoms with van der Waals surface area (Å²) in [6, 6.07) is 8.53. The monoisotopic (exact) mass is 447 g/mol. The van der Waals surface area contributed by atoms with Crippen LogP contribution in [-0.2, 0) is 4.79 Å². The molecule has 1 aliphatic carbocycles. The van der Waals surface area contributed by atoms with Crippen molar-refractivity contribution in [3.63, 3.8) is 0 Å². The van der Waals surface area contributed by atoms with Crippen LogP contribution in [0.2, 0.25) is 0 Å². The Hall–Kier alpha value is -1.71. The molecule has 2 aromatic heterocycles. The van der Waals surface area contributed by atoms with Gasteiger partial charge in [0.1, 0.15) is 5.01 Å². The number of carbonyl (C=O) groups is 1. The number of nitrogens with zero attached hydrogens (tertiary/aromatic N) is 4. The summed E-state index contributed by atoms with van der Waals surface area (Å²) in [5.41, 5.74) is 0.987. The van der Waals surface area contributed by atoms with Crippen LogP contribution in [0.5, 0.6) is 0 Å². The fourth-order valence-corrected chi connectivity index (χ4v) is 6.24. The third-order valence-corrected chi connectivity index (χ3v) is 8.48. The van der Waals surface area contributed by atoms with Crippen molar-refractivity contribution in [3.8, 4) is 0 Å². The minimum Gasteiger partial charge on any atom is -0.357 e. The Balaban J connectivity index is 1.30. The fraction of sp³-hybridized carbons (Fsp3) is 0.500. The smallest absolute Gasteiger partial charge is 0.233 e. The summed E-state index contributed by atoms with van der Waals surface area (Å²) < 4.78 is 1.98. The summed E-state index contributed by atoms with van der Waals surface area (Å²) in [4.78, 5) is 19.1. The molecule has 0 radical (unpaired) electrons. The number of hydrogen-bond acceptors (Lipinski definition) is 8. The van der Waals surface area contributed by atoms with E-state index in [0.29, 0.717) is 11.8 Å². The van der Waals surface area contributed by atoms with E-state index < -0.39 is 0 Å². The molecular formula is C20H25N5OS3. The van der Waals surface area contributed by atoms with E-state index >= 15 is 0 Å². The molecule has 6 nitrogen and oxygen atoms in total. The van der Waals surface area contributed by atoms with Crippen molar-refractivity contribution < 1.29 is 4.79 Å². The van der Waals surface area contributed by atoms with Gasteiger partial charge in [-0.3, -0.25) is 4.79 Å². The molecule has 4 rings (SSSR count). The molecule has 1 amide bonds. The standard InChI is InChI=1S/C20H25N5OS3/c1-13(18-22-15-10-6-7-11-16(15)28-18)25(2)17(26)12-27-20-24-23-19(29-20)21-14-8-4-3-5-9-14/h6-7,10-11,13-14H,3-5,8-9,12H2,1-2H3,(H,21,23). The first kappa shape index (κ1) is 20.6. The highest BCUT2D eigenvalue weighted by Crippen LogP contribution is 2.31. The summed E-state index contributed by atoms with van der Waals surface area (Å²) in [6.45, 7) is 2.03. The van der Waals surface area contributed by atoms with Crippen LogP contribution in [0.15, 0.2) is 28.6 Å². The zero-order chi connectivity index (χ0) is 20.2. The number of nitrogens with one attached hydrogen (secondary N) is 1. The number of amides is 1. The Bertz CT molecular complexity index is 933. The number of aromatic nitrogens is 3. The van der Waals surface area contributed by atoms with Crippen molar-refractivity contribution in [3.05, 3.63) is 29.3 Å². The predicted octanol–water partition coefficient (Wildman–Crippen LogP) is 5.20. The second-order valence-electron chi connectivity index (χ2n) is 7.34. The Morgan fingerprint density at radius 2 is 2.03 bits per heavy atom. The van der Waals surface area contributed by atoms with Crippen LogP contribution in [0.3, 0.4) is 0 Å². The highest BCUT2D eigenvalue weighted by molar-refractivity contribution is 8.01. The maximum atomic E-state index is 12.7. The second-order valence-corrected chi connectivity index (χ2v) is 10.6. The first-order chi connectivity index (χ1) is 14.1. The Labute approximate surface area is 183 Å². The highest BCUT2D eigenvalue weighted by Gasteiger charge is 2.21. The van der Waals surface area contributed by atoms with Crippen molar-refractivity contribution in [2.75, 3.05) is 18.1 Å². The van der Waals surface area contributed by atoms with Gasteiger partial charge >= 0.3 is 0 Å². The van der Waals surface area contributed by atoms with Gasteiger partial charge in [0.2, 0.25) is 11.0 Å². The van der Waals surface area contributed by atoms with E-state index in [2.05, 4.69) is 26.6 Å². The van der Waals surface area contributed by atoms with Gasteiger partial charge in [0, 0.05) is 13.1 Å². The summed E-state index contributed by atoms with van der Waals surface area (Å²) in [5.74, 6) is 0.419. The summed E-state index contributed by atoms with van der Waals surface area (Å²) >= 11 is 4.64. The van der Waals surface area contributed by atoms with E-state index in [0.717, 1.165) is 24.7 Å². The normalized spacial score (nSPS) is 16.1. The molecule has 0 aliphatic heterocycles. The summed E-state index contributed by atoms with van der Waals surface area (Å²) in [7, 11) is 1.84. The SMILES string of the molecule is CC(c1nc2ccccc2s1)N(C)C(=O)CSc1nnc(NC2CCCCC2)s1. The lowest BCUT2D eigenvalue weighted by Gasteiger charge is -2.22. The lowest BCUT2D eigenvalue weighted by atomic mass is 9.96. The number of rotatable bonds is 7. The molecule has 1 atom stereocenters. The molecule has 0 saturated heterocycles. The van der Waals surface area contributed by atoms with E-state index in [-0.39, 0.29) is 11.9 Å². The first-order valence-electron chi connectivity index (χ1n) is 9.94. The second kappa shape index (κ2) is 9.40. The number of para-hydroxylation sites is 1. The van der Waals surface area contributed by atoms with Gasteiger partial charge in [-0.15, -0.1) is 21.5 Å². The number of hydrogen-bond donors (Lipinski definition) is 1. The molecule has 154 valence electrons. The van der Waals surface area contributed by atoms with Crippen LogP contribution in [0.4, 0.5) is 5.13 Å². The molecule has 1 fully saturated rings. The van der Waals surface area contributed by atoms with Gasteiger partial charge in [-0.25, -0.2) is 4.98 Å². The predicted molar refractivity (Wildman–Crippen MR) is 122 cm³/mol. The third-order valence-electron chi connectivity index (χ3n) is 5.30. The molecule has 1 aromatic carbocycles. The van der Waals surface area contributed by atoms with Crippen molar-refractivity contribution in [1.82, 2.24) is 20.1 Å². The van der Waals surface area contributed by atoms with Crippen LogP contribution >= 0.6 is 34.4 Å². The van der Waals surface area contributed by atoms with Crippen molar-refractivity contribution in [1.29, 1.82) is 0 Å². The minimum atomic E-state index is -0.0570. The van der Waals surface area contributed by atoms with Crippen LogP contribution in [0, 0.1) is 0 Å².